The lowest BCUT2D eigenvalue weighted by Gasteiger charge is -2.04. The van der Waals surface area contributed by atoms with Gasteiger partial charge in [-0.2, -0.15) is 4.99 Å². The highest BCUT2D eigenvalue weighted by Crippen LogP contribution is 2.22. The summed E-state index contributed by atoms with van der Waals surface area (Å²) in [7, 11) is -1.86. The topological polar surface area (TPSA) is 134 Å². The van der Waals surface area contributed by atoms with Crippen molar-refractivity contribution in [3.05, 3.63) is 51.0 Å². The van der Waals surface area contributed by atoms with Gasteiger partial charge in [-0.25, -0.2) is 8.42 Å². The van der Waals surface area contributed by atoms with Crippen LogP contribution in [-0.2, 0) is 21.1 Å². The Hall–Kier alpha value is -2.83. The average molecular weight is 425 g/mol. The maximum Gasteiger partial charge on any atom is 0.433 e. The molecule has 1 amide bonds. The summed E-state index contributed by atoms with van der Waals surface area (Å²) in [5.41, 5.74) is 0.687. The van der Waals surface area contributed by atoms with E-state index in [1.54, 1.807) is 10.6 Å². The van der Waals surface area contributed by atoms with E-state index in [2.05, 4.69) is 4.99 Å². The van der Waals surface area contributed by atoms with E-state index in [4.69, 9.17) is 9.15 Å². The summed E-state index contributed by atoms with van der Waals surface area (Å²) >= 11 is 1.12. The molecular formula is C16H15N3O7S2. The number of fused-ring (bicyclic) bond motifs is 1. The molecule has 1 aromatic carbocycles. The smallest absolute Gasteiger partial charge is 0.395 e. The average Bonchev–Trinajstić information content (AvgIpc) is 3.24. The minimum absolute atomic E-state index is 0.152. The van der Waals surface area contributed by atoms with E-state index in [1.165, 1.54) is 25.3 Å². The van der Waals surface area contributed by atoms with E-state index in [0.29, 0.717) is 28.2 Å². The number of amides is 1. The van der Waals surface area contributed by atoms with Gasteiger partial charge in [0.05, 0.1) is 27.8 Å². The first-order valence-electron chi connectivity index (χ1n) is 7.86. The second kappa shape index (κ2) is 7.66. The van der Waals surface area contributed by atoms with Gasteiger partial charge in [0.2, 0.25) is 5.76 Å². The standard InChI is InChI=1S/C16H15N3O7S2/c1-25-8-7-18-11-4-3-10(28(2,23)24)9-13(11)27-16(18)17-15(20)12-5-6-14(26-12)19(21)22/h3-6,9H,7-8H2,1-2H3. The molecule has 10 nitrogen and oxygen atoms in total. The third kappa shape index (κ3) is 4.03. The van der Waals surface area contributed by atoms with Gasteiger partial charge < -0.3 is 13.7 Å². The van der Waals surface area contributed by atoms with Crippen LogP contribution in [0.15, 0.2) is 44.6 Å². The minimum atomic E-state index is -3.39. The molecule has 12 heteroatoms. The van der Waals surface area contributed by atoms with Crippen LogP contribution in [0.5, 0.6) is 0 Å². The van der Waals surface area contributed by atoms with E-state index >= 15 is 0 Å². The maximum atomic E-state index is 12.4. The molecule has 0 fully saturated rings. The molecule has 3 aromatic rings. The van der Waals surface area contributed by atoms with E-state index in [-0.39, 0.29) is 10.7 Å². The number of carbonyl (C=O) groups is 1. The van der Waals surface area contributed by atoms with Crippen molar-refractivity contribution in [1.29, 1.82) is 0 Å². The van der Waals surface area contributed by atoms with Crippen LogP contribution in [-0.4, -0.2) is 43.8 Å². The summed E-state index contributed by atoms with van der Waals surface area (Å²) in [6, 6.07) is 6.89. The fourth-order valence-electron chi connectivity index (χ4n) is 2.45. The summed E-state index contributed by atoms with van der Waals surface area (Å²) < 4.78 is 35.9. The Bertz CT molecular complexity index is 1230. The third-order valence-electron chi connectivity index (χ3n) is 3.78. The normalized spacial score (nSPS) is 12.6. The number of benzene rings is 1. The quantitative estimate of drug-likeness (QED) is 0.435. The zero-order valence-electron chi connectivity index (χ0n) is 14.8. The van der Waals surface area contributed by atoms with Crippen LogP contribution in [0.1, 0.15) is 10.6 Å². The van der Waals surface area contributed by atoms with Gasteiger partial charge in [-0.1, -0.05) is 11.3 Å². The zero-order valence-corrected chi connectivity index (χ0v) is 16.4. The Morgan fingerprint density at radius 1 is 1.36 bits per heavy atom. The molecule has 0 N–H and O–H groups in total. The van der Waals surface area contributed by atoms with Crippen molar-refractivity contribution in [2.45, 2.75) is 11.4 Å². The van der Waals surface area contributed by atoms with Gasteiger partial charge in [-0.15, -0.1) is 0 Å². The van der Waals surface area contributed by atoms with E-state index in [0.717, 1.165) is 23.7 Å². The molecule has 28 heavy (non-hydrogen) atoms. The highest BCUT2D eigenvalue weighted by molar-refractivity contribution is 7.90. The van der Waals surface area contributed by atoms with Crippen LogP contribution in [0.4, 0.5) is 5.88 Å². The number of thiazole rings is 1. The Labute approximate surface area is 162 Å². The molecule has 2 heterocycles. The van der Waals surface area contributed by atoms with Crippen LogP contribution < -0.4 is 4.80 Å². The van der Waals surface area contributed by atoms with Crippen LogP contribution in [0.2, 0.25) is 0 Å². The molecule has 0 spiro atoms. The molecule has 0 saturated heterocycles. The highest BCUT2D eigenvalue weighted by atomic mass is 32.2. The lowest BCUT2D eigenvalue weighted by Crippen LogP contribution is -2.19. The van der Waals surface area contributed by atoms with Gasteiger partial charge in [0.1, 0.15) is 4.92 Å². The first kappa shape index (κ1) is 19.9. The molecule has 0 bridgehead atoms. The van der Waals surface area contributed by atoms with Gasteiger partial charge in [-0.05, 0) is 24.3 Å². The molecule has 0 unspecified atom stereocenters. The summed E-state index contributed by atoms with van der Waals surface area (Å²) in [6.07, 6.45) is 1.11. The molecule has 0 aliphatic heterocycles. The Morgan fingerprint density at radius 3 is 2.71 bits per heavy atom. The van der Waals surface area contributed by atoms with Crippen molar-refractivity contribution in [3.8, 4) is 0 Å². The highest BCUT2D eigenvalue weighted by Gasteiger charge is 2.18. The summed E-state index contributed by atoms with van der Waals surface area (Å²) in [4.78, 5) is 26.8. The number of nitrogens with zero attached hydrogens (tertiary/aromatic N) is 3. The van der Waals surface area contributed by atoms with Crippen molar-refractivity contribution in [3.63, 3.8) is 0 Å². The van der Waals surface area contributed by atoms with Gasteiger partial charge in [0, 0.05) is 19.9 Å². The molecule has 0 aliphatic carbocycles. The van der Waals surface area contributed by atoms with Gasteiger partial charge in [0.25, 0.3) is 0 Å². The summed E-state index contributed by atoms with van der Waals surface area (Å²) in [6.45, 7) is 0.715. The molecule has 0 saturated carbocycles. The molecule has 0 aliphatic rings. The first-order chi connectivity index (χ1) is 13.2. The van der Waals surface area contributed by atoms with E-state index in [1.807, 2.05) is 0 Å². The zero-order chi connectivity index (χ0) is 20.5. The van der Waals surface area contributed by atoms with Crippen LogP contribution in [0, 0.1) is 10.1 Å². The molecule has 3 rings (SSSR count). The maximum absolute atomic E-state index is 12.4. The largest absolute Gasteiger partial charge is 0.433 e. The predicted octanol–water partition coefficient (Wildman–Crippen LogP) is 2.00. The number of aromatic nitrogens is 1. The van der Waals surface area contributed by atoms with Crippen molar-refractivity contribution >= 4 is 43.2 Å². The van der Waals surface area contributed by atoms with Crippen molar-refractivity contribution in [2.24, 2.45) is 4.99 Å². The Kier molecular flexibility index (Phi) is 5.45. The number of sulfone groups is 1. The number of furan rings is 1. The SMILES string of the molecule is COCCn1c(=NC(=O)c2ccc([N+](=O)[O-])o2)sc2cc(S(C)(=O)=O)ccc21. The second-order valence-electron chi connectivity index (χ2n) is 5.74. The van der Waals surface area contributed by atoms with Gasteiger partial charge in [0.15, 0.2) is 14.6 Å². The minimum Gasteiger partial charge on any atom is -0.395 e. The molecule has 0 atom stereocenters. The molecule has 148 valence electrons. The number of nitro groups is 1. The number of carbonyl (C=O) groups excluding carboxylic acids is 1. The number of rotatable bonds is 6. The molecule has 2 aromatic heterocycles. The van der Waals surface area contributed by atoms with Crippen molar-refractivity contribution in [2.75, 3.05) is 20.0 Å². The second-order valence-corrected chi connectivity index (χ2v) is 8.77. The lowest BCUT2D eigenvalue weighted by molar-refractivity contribution is -0.402. The first-order valence-corrected chi connectivity index (χ1v) is 10.6. The fraction of sp³-hybridized carbons (Fsp3) is 0.250. The predicted molar refractivity (Wildman–Crippen MR) is 100 cm³/mol. The number of ether oxygens (including phenoxy) is 1. The van der Waals surface area contributed by atoms with Gasteiger partial charge >= 0.3 is 11.8 Å². The molecule has 0 radical (unpaired) electrons. The molecular weight excluding hydrogens is 410 g/mol. The van der Waals surface area contributed by atoms with Crippen LogP contribution >= 0.6 is 11.3 Å². The third-order valence-corrected chi connectivity index (χ3v) is 5.93. The van der Waals surface area contributed by atoms with Crippen LogP contribution in [0.25, 0.3) is 10.2 Å². The summed E-state index contributed by atoms with van der Waals surface area (Å²) in [5, 5.41) is 10.7. The van der Waals surface area contributed by atoms with Crippen LogP contribution in [0.3, 0.4) is 0 Å². The Balaban J connectivity index is 2.12. The van der Waals surface area contributed by atoms with E-state index in [9.17, 15) is 23.3 Å². The van der Waals surface area contributed by atoms with E-state index < -0.39 is 26.6 Å². The fourth-order valence-corrected chi connectivity index (χ4v) is 4.27. The van der Waals surface area contributed by atoms with Gasteiger partial charge in [-0.3, -0.25) is 14.9 Å². The number of hydrogen-bond acceptors (Lipinski definition) is 8. The number of methoxy groups -OCH3 is 1. The lowest BCUT2D eigenvalue weighted by atomic mass is 10.3. The monoisotopic (exact) mass is 425 g/mol. The van der Waals surface area contributed by atoms with Crippen molar-refractivity contribution < 1.29 is 27.3 Å². The Morgan fingerprint density at radius 2 is 2.11 bits per heavy atom. The summed E-state index contributed by atoms with van der Waals surface area (Å²) in [5.74, 6) is -1.60. The van der Waals surface area contributed by atoms with Crippen molar-refractivity contribution in [1.82, 2.24) is 4.57 Å². The number of hydrogen-bond donors (Lipinski definition) is 0.